The lowest BCUT2D eigenvalue weighted by Crippen LogP contribution is -2.19. The highest BCUT2D eigenvalue weighted by atomic mass is 32.2. The average Bonchev–Trinajstić information content (AvgIpc) is 3.37. The number of nitrogens with one attached hydrogen (secondary N) is 2. The van der Waals surface area contributed by atoms with Gasteiger partial charge < -0.3 is 9.55 Å². The van der Waals surface area contributed by atoms with Gasteiger partial charge in [-0.05, 0) is 36.2 Å². The number of carbonyl (C=O) groups is 1. The van der Waals surface area contributed by atoms with E-state index < -0.39 is 9.84 Å². The molecule has 8 heteroatoms. The Morgan fingerprint density at radius 2 is 1.73 bits per heavy atom. The predicted molar refractivity (Wildman–Crippen MR) is 129 cm³/mol. The summed E-state index contributed by atoms with van der Waals surface area (Å²) in [5, 5.41) is 3.36. The maximum absolute atomic E-state index is 13.3. The Kier molecular flexibility index (Phi) is 5.22. The number of para-hydroxylation sites is 3. The monoisotopic (exact) mass is 458 g/mol. The zero-order chi connectivity index (χ0) is 23.0. The minimum atomic E-state index is -3.62. The van der Waals surface area contributed by atoms with Crippen molar-refractivity contribution in [3.63, 3.8) is 0 Å². The Bertz CT molecular complexity index is 1570. The molecule has 0 aliphatic carbocycles. The van der Waals surface area contributed by atoms with E-state index in [-0.39, 0.29) is 23.1 Å². The standard InChI is InChI=1S/C25H22N4O3S/c1-17-8-2-3-9-18(17)16-33(31,32)23-14-29(22-13-7-4-10-19(22)23)15-24(30)28-25-26-20-11-5-6-12-21(20)27-25/h2-14H,15-16H2,1H3,(H2,26,27,28,30). The predicted octanol–water partition coefficient (Wildman–Crippen LogP) is 4.44. The van der Waals surface area contributed by atoms with Crippen molar-refractivity contribution in [1.82, 2.24) is 14.5 Å². The molecule has 0 atom stereocenters. The van der Waals surface area contributed by atoms with Crippen molar-refractivity contribution in [3.05, 3.63) is 90.1 Å². The molecule has 0 unspecified atom stereocenters. The van der Waals surface area contributed by atoms with Crippen LogP contribution in [0.2, 0.25) is 0 Å². The normalized spacial score (nSPS) is 11.8. The molecule has 166 valence electrons. The maximum atomic E-state index is 13.3. The third kappa shape index (κ3) is 4.12. The smallest absolute Gasteiger partial charge is 0.246 e. The molecular weight excluding hydrogens is 436 g/mol. The van der Waals surface area contributed by atoms with Crippen molar-refractivity contribution in [1.29, 1.82) is 0 Å². The minimum Gasteiger partial charge on any atom is -0.337 e. The number of amides is 1. The van der Waals surface area contributed by atoms with Gasteiger partial charge in [-0.25, -0.2) is 13.4 Å². The molecule has 0 spiro atoms. The van der Waals surface area contributed by atoms with Gasteiger partial charge in [0, 0.05) is 17.1 Å². The quantitative estimate of drug-likeness (QED) is 0.393. The molecule has 3 aromatic carbocycles. The fraction of sp³-hybridized carbons (Fsp3) is 0.120. The van der Waals surface area contributed by atoms with Crippen LogP contribution in [0.1, 0.15) is 11.1 Å². The van der Waals surface area contributed by atoms with Gasteiger partial charge >= 0.3 is 0 Å². The summed E-state index contributed by atoms with van der Waals surface area (Å²) in [6.07, 6.45) is 1.55. The lowest BCUT2D eigenvalue weighted by molar-refractivity contribution is -0.116. The Balaban J connectivity index is 1.44. The van der Waals surface area contributed by atoms with E-state index >= 15 is 0 Å². The van der Waals surface area contributed by atoms with E-state index in [0.29, 0.717) is 16.9 Å². The van der Waals surface area contributed by atoms with Gasteiger partial charge in [-0.1, -0.05) is 54.6 Å². The molecule has 0 fully saturated rings. The topological polar surface area (TPSA) is 96.8 Å². The number of H-pyrrole nitrogens is 1. The number of aryl methyl sites for hydroxylation is 1. The van der Waals surface area contributed by atoms with Crippen LogP contribution in [0, 0.1) is 6.92 Å². The second kappa shape index (κ2) is 8.22. The zero-order valence-corrected chi connectivity index (χ0v) is 18.8. The molecule has 2 heterocycles. The van der Waals surface area contributed by atoms with Gasteiger partial charge in [0.15, 0.2) is 9.84 Å². The first kappa shape index (κ1) is 21.0. The van der Waals surface area contributed by atoms with Crippen molar-refractivity contribution in [2.24, 2.45) is 0 Å². The number of aromatic nitrogens is 3. The summed E-state index contributed by atoms with van der Waals surface area (Å²) in [5.41, 5.74) is 3.94. The lowest BCUT2D eigenvalue weighted by Gasteiger charge is -2.06. The van der Waals surface area contributed by atoms with Crippen molar-refractivity contribution < 1.29 is 13.2 Å². The molecule has 33 heavy (non-hydrogen) atoms. The molecule has 0 saturated heterocycles. The Morgan fingerprint density at radius 1 is 1.00 bits per heavy atom. The highest BCUT2D eigenvalue weighted by molar-refractivity contribution is 7.90. The summed E-state index contributed by atoms with van der Waals surface area (Å²) in [6, 6.07) is 22.2. The van der Waals surface area contributed by atoms with E-state index in [2.05, 4.69) is 15.3 Å². The van der Waals surface area contributed by atoms with Gasteiger partial charge in [0.05, 0.1) is 21.7 Å². The number of rotatable bonds is 6. The van der Waals surface area contributed by atoms with Gasteiger partial charge in [-0.3, -0.25) is 10.1 Å². The van der Waals surface area contributed by atoms with E-state index in [4.69, 9.17) is 0 Å². The maximum Gasteiger partial charge on any atom is 0.246 e. The van der Waals surface area contributed by atoms with Crippen LogP contribution in [0.15, 0.2) is 83.9 Å². The Hall–Kier alpha value is -3.91. The molecular formula is C25H22N4O3S. The summed E-state index contributed by atoms with van der Waals surface area (Å²) in [6.45, 7) is 1.86. The summed E-state index contributed by atoms with van der Waals surface area (Å²) >= 11 is 0. The van der Waals surface area contributed by atoms with E-state index in [0.717, 1.165) is 22.2 Å². The zero-order valence-electron chi connectivity index (χ0n) is 17.9. The first-order valence-corrected chi connectivity index (χ1v) is 12.2. The third-order valence-corrected chi connectivity index (χ3v) is 7.34. The van der Waals surface area contributed by atoms with Crippen LogP contribution in [-0.4, -0.2) is 28.9 Å². The molecule has 0 aliphatic rings. The number of aromatic amines is 1. The fourth-order valence-corrected chi connectivity index (χ4v) is 5.67. The number of hydrogen-bond donors (Lipinski definition) is 2. The molecule has 5 aromatic rings. The van der Waals surface area contributed by atoms with Crippen LogP contribution in [0.5, 0.6) is 0 Å². The van der Waals surface area contributed by atoms with E-state index in [1.54, 1.807) is 22.9 Å². The SMILES string of the molecule is Cc1ccccc1CS(=O)(=O)c1cn(CC(=O)Nc2nc3ccccc3[nH]2)c2ccccc12. The molecule has 0 saturated carbocycles. The summed E-state index contributed by atoms with van der Waals surface area (Å²) < 4.78 is 28.3. The summed E-state index contributed by atoms with van der Waals surface area (Å²) in [4.78, 5) is 20.4. The van der Waals surface area contributed by atoms with E-state index in [1.165, 1.54) is 0 Å². The van der Waals surface area contributed by atoms with Crippen LogP contribution in [0.25, 0.3) is 21.9 Å². The highest BCUT2D eigenvalue weighted by Gasteiger charge is 2.23. The summed E-state index contributed by atoms with van der Waals surface area (Å²) in [5.74, 6) is -0.0542. The number of sulfone groups is 1. The molecule has 1 amide bonds. The molecule has 5 rings (SSSR count). The molecule has 0 bridgehead atoms. The van der Waals surface area contributed by atoms with Gasteiger partial charge in [0.25, 0.3) is 0 Å². The van der Waals surface area contributed by atoms with Crippen LogP contribution >= 0.6 is 0 Å². The minimum absolute atomic E-state index is 0.0442. The molecule has 2 N–H and O–H groups in total. The first-order valence-electron chi connectivity index (χ1n) is 10.5. The fourth-order valence-electron chi connectivity index (χ4n) is 3.98. The van der Waals surface area contributed by atoms with Crippen LogP contribution in [-0.2, 0) is 26.9 Å². The molecule has 7 nitrogen and oxygen atoms in total. The van der Waals surface area contributed by atoms with Crippen LogP contribution < -0.4 is 5.32 Å². The summed E-state index contributed by atoms with van der Waals surface area (Å²) in [7, 11) is -3.62. The number of nitrogens with zero attached hydrogens (tertiary/aromatic N) is 2. The largest absolute Gasteiger partial charge is 0.337 e. The van der Waals surface area contributed by atoms with Gasteiger partial charge in [0.2, 0.25) is 11.9 Å². The number of carbonyl (C=O) groups excluding carboxylic acids is 1. The first-order chi connectivity index (χ1) is 15.9. The van der Waals surface area contributed by atoms with E-state index in [1.807, 2.05) is 67.6 Å². The number of fused-ring (bicyclic) bond motifs is 2. The highest BCUT2D eigenvalue weighted by Crippen LogP contribution is 2.28. The van der Waals surface area contributed by atoms with Gasteiger partial charge in [-0.15, -0.1) is 0 Å². The second-order valence-corrected chi connectivity index (χ2v) is 9.93. The third-order valence-electron chi connectivity index (χ3n) is 5.66. The van der Waals surface area contributed by atoms with Gasteiger partial charge in [0.1, 0.15) is 6.54 Å². The van der Waals surface area contributed by atoms with Crippen LogP contribution in [0.3, 0.4) is 0 Å². The van der Waals surface area contributed by atoms with Gasteiger partial charge in [-0.2, -0.15) is 0 Å². The Morgan fingerprint density at radius 3 is 2.55 bits per heavy atom. The average molecular weight is 459 g/mol. The Labute approximate surface area is 191 Å². The lowest BCUT2D eigenvalue weighted by atomic mass is 10.1. The number of benzene rings is 3. The van der Waals surface area contributed by atoms with Crippen molar-refractivity contribution >= 4 is 43.6 Å². The van der Waals surface area contributed by atoms with Crippen molar-refractivity contribution in [3.8, 4) is 0 Å². The second-order valence-electron chi connectivity index (χ2n) is 7.97. The van der Waals surface area contributed by atoms with E-state index in [9.17, 15) is 13.2 Å². The molecule has 0 radical (unpaired) electrons. The number of hydrogen-bond acceptors (Lipinski definition) is 4. The molecule has 0 aliphatic heterocycles. The number of imidazole rings is 1. The van der Waals surface area contributed by atoms with Crippen LogP contribution in [0.4, 0.5) is 5.95 Å². The van der Waals surface area contributed by atoms with Crippen molar-refractivity contribution in [2.45, 2.75) is 24.1 Å². The molecule has 2 aromatic heterocycles. The number of anilines is 1. The van der Waals surface area contributed by atoms with Crippen molar-refractivity contribution in [2.75, 3.05) is 5.32 Å².